The number of hydrogen-bond acceptors (Lipinski definition) is 3. The van der Waals surface area contributed by atoms with Crippen LogP contribution in [-0.4, -0.2) is 17.7 Å². The second-order valence-electron chi connectivity index (χ2n) is 5.76. The van der Waals surface area contributed by atoms with Gasteiger partial charge in [0, 0.05) is 27.8 Å². The fourth-order valence-electron chi connectivity index (χ4n) is 2.18. The molecule has 0 bridgehead atoms. The molecule has 3 amide bonds. The zero-order valence-corrected chi connectivity index (χ0v) is 14.0. The summed E-state index contributed by atoms with van der Waals surface area (Å²) in [5.41, 5.74) is 6.00. The van der Waals surface area contributed by atoms with Gasteiger partial charge in [-0.25, -0.2) is 0 Å². The van der Waals surface area contributed by atoms with Gasteiger partial charge in [-0.3, -0.25) is 25.2 Å². The number of carbonyl (C=O) groups is 3. The Balaban J connectivity index is 1.54. The normalized spacial score (nSPS) is 13.0. The lowest BCUT2D eigenvalue weighted by molar-refractivity contribution is -0.117. The number of amides is 3. The van der Waals surface area contributed by atoms with E-state index < -0.39 is 11.8 Å². The van der Waals surface area contributed by atoms with Crippen molar-refractivity contribution in [1.82, 2.24) is 10.9 Å². The van der Waals surface area contributed by atoms with E-state index in [2.05, 4.69) is 16.2 Å². The van der Waals surface area contributed by atoms with Gasteiger partial charge >= 0.3 is 0 Å². The lowest BCUT2D eigenvalue weighted by atomic mass is 10.2. The Hall–Kier alpha value is -2.86. The fraction of sp³-hybridized carbons (Fsp3) is 0.167. The van der Waals surface area contributed by atoms with Crippen molar-refractivity contribution in [2.45, 2.75) is 12.8 Å². The summed E-state index contributed by atoms with van der Waals surface area (Å²) in [5.74, 6) is -0.810. The number of nitrogens with one attached hydrogen (secondary N) is 3. The third-order valence-corrected chi connectivity index (χ3v) is 3.97. The first-order valence-electron chi connectivity index (χ1n) is 7.80. The molecule has 0 unspecified atom stereocenters. The molecule has 1 saturated carbocycles. The van der Waals surface area contributed by atoms with E-state index >= 15 is 0 Å². The van der Waals surface area contributed by atoms with Crippen molar-refractivity contribution in [3.63, 3.8) is 0 Å². The smallest absolute Gasteiger partial charge is 0.269 e. The molecular formula is C18H16ClN3O3. The molecule has 6 nitrogen and oxygen atoms in total. The summed E-state index contributed by atoms with van der Waals surface area (Å²) >= 11 is 5.82. The molecule has 3 rings (SSSR count). The van der Waals surface area contributed by atoms with Crippen LogP contribution in [0.25, 0.3) is 0 Å². The minimum atomic E-state index is -0.468. The van der Waals surface area contributed by atoms with Gasteiger partial charge < -0.3 is 5.32 Å². The minimum absolute atomic E-state index is 0.00554. The Morgan fingerprint density at radius 3 is 2.12 bits per heavy atom. The van der Waals surface area contributed by atoms with Crippen LogP contribution in [0, 0.1) is 5.92 Å². The van der Waals surface area contributed by atoms with Gasteiger partial charge in [-0.05, 0) is 55.3 Å². The molecule has 1 aliphatic rings. The third-order valence-electron chi connectivity index (χ3n) is 3.74. The molecule has 128 valence electrons. The van der Waals surface area contributed by atoms with Gasteiger partial charge in [0.1, 0.15) is 0 Å². The average molecular weight is 358 g/mol. The van der Waals surface area contributed by atoms with Gasteiger partial charge in [-0.15, -0.1) is 0 Å². The lowest BCUT2D eigenvalue weighted by Crippen LogP contribution is -2.41. The molecule has 0 atom stereocenters. The Bertz CT molecular complexity index is 817. The number of hydrazine groups is 1. The van der Waals surface area contributed by atoms with E-state index in [9.17, 15) is 14.4 Å². The van der Waals surface area contributed by atoms with Gasteiger partial charge in [-0.1, -0.05) is 17.7 Å². The van der Waals surface area contributed by atoms with Crippen LogP contribution in [0.5, 0.6) is 0 Å². The number of hydrogen-bond donors (Lipinski definition) is 3. The highest BCUT2D eigenvalue weighted by Gasteiger charge is 2.29. The SMILES string of the molecule is O=C(NNC(=O)c1cccc(Cl)c1)c1ccc(NC(=O)C2CC2)cc1. The molecule has 0 radical (unpaired) electrons. The standard InChI is InChI=1S/C18H16ClN3O3/c19-14-3-1-2-13(10-14)18(25)22-21-17(24)12-6-8-15(9-7-12)20-16(23)11-4-5-11/h1-3,6-11H,4-5H2,(H,20,23)(H,21,24)(H,22,25). The summed E-state index contributed by atoms with van der Waals surface area (Å²) in [7, 11) is 0. The van der Waals surface area contributed by atoms with Crippen molar-refractivity contribution in [3.8, 4) is 0 Å². The summed E-state index contributed by atoms with van der Waals surface area (Å²) in [4.78, 5) is 35.7. The van der Waals surface area contributed by atoms with E-state index in [1.807, 2.05) is 0 Å². The molecule has 2 aromatic rings. The zero-order valence-electron chi connectivity index (χ0n) is 13.2. The van der Waals surface area contributed by atoms with E-state index in [0.717, 1.165) is 12.8 Å². The Kier molecular flexibility index (Phi) is 5.00. The van der Waals surface area contributed by atoms with Gasteiger partial charge in [0.25, 0.3) is 11.8 Å². The highest BCUT2D eigenvalue weighted by Crippen LogP contribution is 2.30. The fourth-order valence-corrected chi connectivity index (χ4v) is 2.37. The highest BCUT2D eigenvalue weighted by atomic mass is 35.5. The maximum Gasteiger partial charge on any atom is 0.269 e. The molecule has 1 fully saturated rings. The summed E-state index contributed by atoms with van der Waals surface area (Å²) < 4.78 is 0. The quantitative estimate of drug-likeness (QED) is 0.735. The van der Waals surface area contributed by atoms with Crippen LogP contribution in [0.2, 0.25) is 5.02 Å². The predicted octanol–water partition coefficient (Wildman–Crippen LogP) is 2.76. The maximum atomic E-state index is 12.1. The molecule has 0 saturated heterocycles. The first-order valence-corrected chi connectivity index (χ1v) is 8.18. The third kappa shape index (κ3) is 4.58. The number of anilines is 1. The Labute approximate surface area is 149 Å². The minimum Gasteiger partial charge on any atom is -0.326 e. The second-order valence-corrected chi connectivity index (χ2v) is 6.20. The summed E-state index contributed by atoms with van der Waals surface area (Å²) in [6.45, 7) is 0. The first kappa shape index (κ1) is 17.0. The van der Waals surface area contributed by atoms with Gasteiger partial charge in [0.05, 0.1) is 0 Å². The molecule has 1 aliphatic carbocycles. The summed E-state index contributed by atoms with van der Waals surface area (Å²) in [6.07, 6.45) is 1.86. The summed E-state index contributed by atoms with van der Waals surface area (Å²) in [6, 6.07) is 12.8. The maximum absolute atomic E-state index is 12.1. The summed E-state index contributed by atoms with van der Waals surface area (Å²) in [5, 5.41) is 3.23. The molecule has 2 aromatic carbocycles. The number of halogens is 1. The Morgan fingerprint density at radius 2 is 1.52 bits per heavy atom. The van der Waals surface area contributed by atoms with Crippen molar-refractivity contribution in [1.29, 1.82) is 0 Å². The van der Waals surface area contributed by atoms with E-state index in [1.54, 1.807) is 42.5 Å². The molecular weight excluding hydrogens is 342 g/mol. The van der Waals surface area contributed by atoms with E-state index in [-0.39, 0.29) is 11.8 Å². The van der Waals surface area contributed by atoms with Crippen LogP contribution in [0.4, 0.5) is 5.69 Å². The van der Waals surface area contributed by atoms with Crippen LogP contribution in [0.15, 0.2) is 48.5 Å². The number of benzene rings is 2. The van der Waals surface area contributed by atoms with E-state index in [1.165, 1.54) is 6.07 Å². The zero-order chi connectivity index (χ0) is 17.8. The lowest BCUT2D eigenvalue weighted by Gasteiger charge is -2.09. The molecule has 0 heterocycles. The molecule has 3 N–H and O–H groups in total. The molecule has 0 spiro atoms. The van der Waals surface area contributed by atoms with Crippen molar-refractivity contribution in [2.24, 2.45) is 5.92 Å². The molecule has 7 heteroatoms. The number of rotatable bonds is 4. The molecule has 0 aromatic heterocycles. The van der Waals surface area contributed by atoms with Gasteiger partial charge in [0.2, 0.25) is 5.91 Å². The topological polar surface area (TPSA) is 87.3 Å². The molecule has 25 heavy (non-hydrogen) atoms. The van der Waals surface area contributed by atoms with Crippen LogP contribution < -0.4 is 16.2 Å². The van der Waals surface area contributed by atoms with E-state index in [4.69, 9.17) is 11.6 Å². The average Bonchev–Trinajstić information content (AvgIpc) is 3.45. The van der Waals surface area contributed by atoms with E-state index in [0.29, 0.717) is 21.8 Å². The monoisotopic (exact) mass is 357 g/mol. The van der Waals surface area contributed by atoms with Crippen molar-refractivity contribution < 1.29 is 14.4 Å². The Morgan fingerprint density at radius 1 is 0.880 bits per heavy atom. The van der Waals surface area contributed by atoms with Crippen LogP contribution >= 0.6 is 11.6 Å². The first-order chi connectivity index (χ1) is 12.0. The number of carbonyl (C=O) groups excluding carboxylic acids is 3. The van der Waals surface area contributed by atoms with Crippen molar-refractivity contribution >= 4 is 35.0 Å². The van der Waals surface area contributed by atoms with Crippen molar-refractivity contribution in [2.75, 3.05) is 5.32 Å². The largest absolute Gasteiger partial charge is 0.326 e. The highest BCUT2D eigenvalue weighted by molar-refractivity contribution is 6.31. The predicted molar refractivity (Wildman–Crippen MR) is 94.2 cm³/mol. The van der Waals surface area contributed by atoms with Crippen molar-refractivity contribution in [3.05, 3.63) is 64.7 Å². The van der Waals surface area contributed by atoms with Gasteiger partial charge in [-0.2, -0.15) is 0 Å². The molecule has 0 aliphatic heterocycles. The van der Waals surface area contributed by atoms with Crippen LogP contribution in [0.1, 0.15) is 33.6 Å². The van der Waals surface area contributed by atoms with Crippen LogP contribution in [0.3, 0.4) is 0 Å². The van der Waals surface area contributed by atoms with Gasteiger partial charge in [0.15, 0.2) is 0 Å². The second kappa shape index (κ2) is 7.36. The van der Waals surface area contributed by atoms with Crippen LogP contribution in [-0.2, 0) is 4.79 Å².